The van der Waals surface area contributed by atoms with Crippen LogP contribution < -0.4 is 16.0 Å². The van der Waals surface area contributed by atoms with Gasteiger partial charge in [-0.15, -0.1) is 0 Å². The van der Waals surface area contributed by atoms with Gasteiger partial charge < -0.3 is 20.7 Å². The average Bonchev–Trinajstić information content (AvgIpc) is 2.79. The van der Waals surface area contributed by atoms with Gasteiger partial charge in [-0.2, -0.15) is 0 Å². The average molecular weight is 403 g/mol. The van der Waals surface area contributed by atoms with Crippen LogP contribution in [-0.2, 0) is 24.2 Å². The quantitative estimate of drug-likeness (QED) is 0.519. The molecule has 30 heavy (non-hydrogen) atoms. The molecule has 0 fully saturated rings. The molecular formula is C24H25N3O3. The van der Waals surface area contributed by atoms with E-state index < -0.39 is 6.09 Å². The summed E-state index contributed by atoms with van der Waals surface area (Å²) in [4.78, 5) is 23.8. The minimum atomic E-state index is -0.438. The molecule has 6 nitrogen and oxygen atoms in total. The summed E-state index contributed by atoms with van der Waals surface area (Å²) in [7, 11) is 0. The first-order valence-electron chi connectivity index (χ1n) is 9.81. The second kappa shape index (κ2) is 11.3. The SMILES string of the molecule is O=C(NCc1ccccc1)Nc1ccc(CCOC(=O)NCc2ccccc2)cc1. The van der Waals surface area contributed by atoms with Crippen molar-refractivity contribution in [1.29, 1.82) is 0 Å². The number of anilines is 1. The fourth-order valence-electron chi connectivity index (χ4n) is 2.79. The number of urea groups is 1. The lowest BCUT2D eigenvalue weighted by molar-refractivity contribution is 0.147. The minimum Gasteiger partial charge on any atom is -0.449 e. The van der Waals surface area contributed by atoms with Crippen molar-refractivity contribution in [3.63, 3.8) is 0 Å². The first-order chi connectivity index (χ1) is 14.7. The molecule has 3 N–H and O–H groups in total. The van der Waals surface area contributed by atoms with Crippen LogP contribution in [0, 0.1) is 0 Å². The topological polar surface area (TPSA) is 79.5 Å². The monoisotopic (exact) mass is 403 g/mol. The van der Waals surface area contributed by atoms with Gasteiger partial charge in [-0.1, -0.05) is 72.8 Å². The number of amides is 3. The fourth-order valence-corrected chi connectivity index (χ4v) is 2.79. The smallest absolute Gasteiger partial charge is 0.407 e. The van der Waals surface area contributed by atoms with E-state index in [2.05, 4.69) is 16.0 Å². The Morgan fingerprint density at radius 2 is 1.23 bits per heavy atom. The Hall–Kier alpha value is -3.80. The standard InChI is InChI=1S/C24H25N3O3/c28-23(25-17-20-7-3-1-4-8-20)27-22-13-11-19(12-14-22)15-16-30-24(29)26-18-21-9-5-2-6-10-21/h1-14H,15-18H2,(H,26,29)(H2,25,27,28). The number of hydrogen-bond donors (Lipinski definition) is 3. The number of benzene rings is 3. The fraction of sp³-hybridized carbons (Fsp3) is 0.167. The highest BCUT2D eigenvalue weighted by Gasteiger charge is 2.04. The maximum atomic E-state index is 12.0. The van der Waals surface area contributed by atoms with Crippen LogP contribution >= 0.6 is 0 Å². The van der Waals surface area contributed by atoms with Crippen LogP contribution in [0.5, 0.6) is 0 Å². The third kappa shape index (κ3) is 7.31. The Kier molecular flexibility index (Phi) is 7.85. The summed E-state index contributed by atoms with van der Waals surface area (Å²) in [5.74, 6) is 0. The van der Waals surface area contributed by atoms with Gasteiger partial charge in [-0.3, -0.25) is 0 Å². The first-order valence-corrected chi connectivity index (χ1v) is 9.81. The number of hydrogen-bond acceptors (Lipinski definition) is 3. The number of nitrogens with one attached hydrogen (secondary N) is 3. The van der Waals surface area contributed by atoms with Crippen molar-refractivity contribution in [2.75, 3.05) is 11.9 Å². The Balaban J connectivity index is 1.34. The number of rotatable bonds is 8. The van der Waals surface area contributed by atoms with Crippen LogP contribution in [0.25, 0.3) is 0 Å². The highest BCUT2D eigenvalue weighted by Crippen LogP contribution is 2.10. The number of alkyl carbamates (subject to hydrolysis) is 1. The maximum Gasteiger partial charge on any atom is 0.407 e. The Bertz CT molecular complexity index is 929. The van der Waals surface area contributed by atoms with Crippen LogP contribution in [-0.4, -0.2) is 18.7 Å². The molecule has 0 radical (unpaired) electrons. The first kappa shape index (κ1) is 20.9. The second-order valence-electron chi connectivity index (χ2n) is 6.72. The van der Waals surface area contributed by atoms with Gasteiger partial charge in [0.25, 0.3) is 0 Å². The van der Waals surface area contributed by atoms with Gasteiger partial charge >= 0.3 is 12.1 Å². The predicted molar refractivity (Wildman–Crippen MR) is 117 cm³/mol. The van der Waals surface area contributed by atoms with E-state index in [0.29, 0.717) is 25.2 Å². The van der Waals surface area contributed by atoms with Gasteiger partial charge in [0.05, 0.1) is 6.61 Å². The van der Waals surface area contributed by atoms with E-state index in [9.17, 15) is 9.59 Å². The van der Waals surface area contributed by atoms with Gasteiger partial charge in [0.1, 0.15) is 0 Å². The minimum absolute atomic E-state index is 0.259. The zero-order chi connectivity index (χ0) is 21.0. The number of carbonyl (C=O) groups is 2. The summed E-state index contributed by atoms with van der Waals surface area (Å²) in [5.41, 5.74) is 3.77. The number of carbonyl (C=O) groups excluding carboxylic acids is 2. The zero-order valence-electron chi connectivity index (χ0n) is 16.6. The van der Waals surface area contributed by atoms with E-state index in [1.807, 2.05) is 84.9 Å². The molecule has 0 aromatic heterocycles. The summed E-state index contributed by atoms with van der Waals surface area (Å²) in [6.07, 6.45) is 0.159. The van der Waals surface area contributed by atoms with E-state index in [1.54, 1.807) is 0 Å². The molecule has 0 aliphatic carbocycles. The lowest BCUT2D eigenvalue weighted by Gasteiger charge is -2.09. The molecule has 3 amide bonds. The predicted octanol–water partition coefficient (Wildman–Crippen LogP) is 4.48. The van der Waals surface area contributed by atoms with Crippen LogP contribution in [0.15, 0.2) is 84.9 Å². The van der Waals surface area contributed by atoms with Gasteiger partial charge in [0, 0.05) is 25.2 Å². The molecule has 154 valence electrons. The van der Waals surface area contributed by atoms with Crippen LogP contribution in [0.4, 0.5) is 15.3 Å². The van der Waals surface area contributed by atoms with E-state index in [1.165, 1.54) is 0 Å². The zero-order valence-corrected chi connectivity index (χ0v) is 16.6. The highest BCUT2D eigenvalue weighted by molar-refractivity contribution is 5.89. The third-order valence-corrected chi connectivity index (χ3v) is 4.41. The molecule has 0 spiro atoms. The molecule has 0 atom stereocenters. The van der Waals surface area contributed by atoms with Crippen molar-refractivity contribution in [2.45, 2.75) is 19.5 Å². The summed E-state index contributed by atoms with van der Waals surface area (Å²) < 4.78 is 5.21. The molecule has 0 unspecified atom stereocenters. The lowest BCUT2D eigenvalue weighted by atomic mass is 10.1. The molecule has 0 heterocycles. The van der Waals surface area contributed by atoms with E-state index in [4.69, 9.17) is 4.74 Å². The summed E-state index contributed by atoms with van der Waals surface area (Å²) >= 11 is 0. The molecule has 0 saturated carbocycles. The van der Waals surface area contributed by atoms with Crippen molar-refractivity contribution in [3.05, 3.63) is 102 Å². The molecule has 3 rings (SSSR count). The van der Waals surface area contributed by atoms with Crippen LogP contribution in [0.3, 0.4) is 0 Å². The second-order valence-corrected chi connectivity index (χ2v) is 6.72. The number of ether oxygens (including phenoxy) is 1. The third-order valence-electron chi connectivity index (χ3n) is 4.41. The molecule has 0 aliphatic heterocycles. The Morgan fingerprint density at radius 3 is 1.83 bits per heavy atom. The molecule has 3 aromatic carbocycles. The summed E-state index contributed by atoms with van der Waals surface area (Å²) in [5, 5.41) is 8.34. The summed E-state index contributed by atoms with van der Waals surface area (Å²) in [6, 6.07) is 26.6. The van der Waals surface area contributed by atoms with Crippen LogP contribution in [0.1, 0.15) is 16.7 Å². The molecule has 0 aliphatic rings. The lowest BCUT2D eigenvalue weighted by Crippen LogP contribution is -2.28. The largest absolute Gasteiger partial charge is 0.449 e. The van der Waals surface area contributed by atoms with Gasteiger partial charge in [0.2, 0.25) is 0 Å². The van der Waals surface area contributed by atoms with E-state index >= 15 is 0 Å². The highest BCUT2D eigenvalue weighted by atomic mass is 16.5. The van der Waals surface area contributed by atoms with Crippen molar-refractivity contribution in [1.82, 2.24) is 10.6 Å². The summed E-state index contributed by atoms with van der Waals surface area (Å²) in [6.45, 7) is 1.19. The van der Waals surface area contributed by atoms with Gasteiger partial charge in [0.15, 0.2) is 0 Å². The van der Waals surface area contributed by atoms with Gasteiger partial charge in [-0.05, 0) is 28.8 Å². The molecule has 0 saturated heterocycles. The molecule has 6 heteroatoms. The maximum absolute atomic E-state index is 12.0. The molecule has 3 aromatic rings. The normalized spacial score (nSPS) is 10.1. The van der Waals surface area contributed by atoms with Crippen molar-refractivity contribution in [2.24, 2.45) is 0 Å². The molecular weight excluding hydrogens is 378 g/mol. The van der Waals surface area contributed by atoms with Crippen LogP contribution in [0.2, 0.25) is 0 Å². The van der Waals surface area contributed by atoms with Crippen molar-refractivity contribution >= 4 is 17.8 Å². The van der Waals surface area contributed by atoms with E-state index in [-0.39, 0.29) is 12.6 Å². The van der Waals surface area contributed by atoms with E-state index in [0.717, 1.165) is 16.7 Å². The Morgan fingerprint density at radius 1 is 0.667 bits per heavy atom. The van der Waals surface area contributed by atoms with Crippen molar-refractivity contribution in [3.8, 4) is 0 Å². The van der Waals surface area contributed by atoms with Gasteiger partial charge in [-0.25, -0.2) is 9.59 Å². The van der Waals surface area contributed by atoms with Crippen molar-refractivity contribution < 1.29 is 14.3 Å². The Labute approximate surface area is 176 Å². The molecule has 0 bridgehead atoms.